The first-order chi connectivity index (χ1) is 16.7. The van der Waals surface area contributed by atoms with Gasteiger partial charge in [-0.1, -0.05) is 20.8 Å². The van der Waals surface area contributed by atoms with Gasteiger partial charge in [-0.2, -0.15) is 15.0 Å². The zero-order chi connectivity index (χ0) is 27.9. The van der Waals surface area contributed by atoms with Crippen LogP contribution in [-0.2, 0) is 36.3 Å². The predicted molar refractivity (Wildman–Crippen MR) is 134 cm³/mol. The molecule has 0 spiro atoms. The second-order valence-corrected chi connectivity index (χ2v) is 8.13. The molecule has 0 atom stereocenters. The molecule has 3 aromatic heterocycles. The van der Waals surface area contributed by atoms with Gasteiger partial charge in [0.05, 0.1) is 17.1 Å². The van der Waals surface area contributed by atoms with Gasteiger partial charge in [-0.25, -0.2) is 14.4 Å². The van der Waals surface area contributed by atoms with Crippen molar-refractivity contribution in [2.45, 2.75) is 81.6 Å². The van der Waals surface area contributed by atoms with Crippen LogP contribution >= 0.6 is 0 Å². The van der Waals surface area contributed by atoms with Crippen molar-refractivity contribution in [2.24, 2.45) is 0 Å². The number of rotatable bonds is 3. The van der Waals surface area contributed by atoms with Crippen LogP contribution in [0.1, 0.15) is 71.6 Å². The quantitative estimate of drug-likeness (QED) is 0.321. The molecule has 3 heterocycles. The van der Waals surface area contributed by atoms with Crippen molar-refractivity contribution < 1.29 is 32.7 Å². The summed E-state index contributed by atoms with van der Waals surface area (Å²) in [5, 5.41) is 27.6. The van der Waals surface area contributed by atoms with E-state index in [1.807, 2.05) is 20.8 Å². The summed E-state index contributed by atoms with van der Waals surface area (Å²) >= 11 is 0. The maximum absolute atomic E-state index is 10.9. The van der Waals surface area contributed by atoms with E-state index >= 15 is 0 Å². The average molecular weight is 560 g/mol. The molecule has 0 amide bonds. The molecule has 0 aliphatic heterocycles. The summed E-state index contributed by atoms with van der Waals surface area (Å²) in [5.74, 6) is 0. The van der Waals surface area contributed by atoms with E-state index in [0.29, 0.717) is 48.4 Å². The Morgan fingerprint density at radius 2 is 0.703 bits per heavy atom. The van der Waals surface area contributed by atoms with Crippen LogP contribution in [0, 0.1) is 41.5 Å². The molecule has 0 saturated heterocycles. The first-order valence-electron chi connectivity index (χ1n) is 11.6. The van der Waals surface area contributed by atoms with Gasteiger partial charge in [0.2, 0.25) is 0 Å². The molecular weight excluding hydrogens is 524 g/mol. The SMILES string of the molecule is CCc1c(C)nc(=O)n(O)c1C.CCc1c(C)nc(=O)n(O)c1C.CCc1c(C)nc(=O)n(O)c1C.[Fe]. The fourth-order valence-corrected chi connectivity index (χ4v) is 3.91. The summed E-state index contributed by atoms with van der Waals surface area (Å²) in [6.07, 6.45) is 2.31. The number of nitrogens with zero attached hydrogens (tertiary/aromatic N) is 6. The van der Waals surface area contributed by atoms with E-state index in [-0.39, 0.29) is 17.1 Å². The zero-order valence-electron chi connectivity index (χ0n) is 22.7. The zero-order valence-corrected chi connectivity index (χ0v) is 23.8. The number of aromatic nitrogens is 6. The molecule has 0 aromatic carbocycles. The van der Waals surface area contributed by atoms with Crippen molar-refractivity contribution >= 4 is 0 Å². The van der Waals surface area contributed by atoms with Crippen LogP contribution in [0.4, 0.5) is 0 Å². The van der Waals surface area contributed by atoms with Crippen molar-refractivity contribution in [3.63, 3.8) is 0 Å². The Balaban J connectivity index is 0.000000518. The van der Waals surface area contributed by atoms with Gasteiger partial charge in [0.15, 0.2) is 0 Å². The summed E-state index contributed by atoms with van der Waals surface area (Å²) < 4.78 is 1.77. The minimum atomic E-state index is -0.609. The van der Waals surface area contributed by atoms with Crippen LogP contribution in [0.3, 0.4) is 0 Å². The molecule has 0 saturated carbocycles. The largest absolute Gasteiger partial charge is 0.424 e. The molecule has 37 heavy (non-hydrogen) atoms. The first-order valence-corrected chi connectivity index (χ1v) is 11.6. The first kappa shape index (κ1) is 33.6. The number of aryl methyl sites for hydroxylation is 3. The van der Waals surface area contributed by atoms with Crippen molar-refractivity contribution in [3.05, 3.63) is 82.3 Å². The van der Waals surface area contributed by atoms with Gasteiger partial charge in [-0.05, 0) is 77.5 Å². The molecule has 0 fully saturated rings. The van der Waals surface area contributed by atoms with Crippen molar-refractivity contribution in [1.82, 2.24) is 29.1 Å². The molecule has 0 unspecified atom stereocenters. The Morgan fingerprint density at radius 3 is 0.865 bits per heavy atom. The second kappa shape index (κ2) is 14.3. The van der Waals surface area contributed by atoms with E-state index in [2.05, 4.69) is 15.0 Å². The maximum atomic E-state index is 10.9. The van der Waals surface area contributed by atoms with E-state index in [1.165, 1.54) is 0 Å². The van der Waals surface area contributed by atoms with Gasteiger partial charge in [0.1, 0.15) is 0 Å². The van der Waals surface area contributed by atoms with Gasteiger partial charge < -0.3 is 15.6 Å². The molecular formula is C24H36FeN6O6. The van der Waals surface area contributed by atoms with Gasteiger partial charge >= 0.3 is 17.1 Å². The molecule has 0 bridgehead atoms. The number of hydrogen-bond acceptors (Lipinski definition) is 9. The van der Waals surface area contributed by atoms with Crippen LogP contribution in [0.15, 0.2) is 14.4 Å². The van der Waals surface area contributed by atoms with E-state index in [4.69, 9.17) is 0 Å². The molecule has 3 N–H and O–H groups in total. The van der Waals surface area contributed by atoms with Crippen LogP contribution < -0.4 is 17.1 Å². The fourth-order valence-electron chi connectivity index (χ4n) is 3.91. The normalized spacial score (nSPS) is 9.97. The van der Waals surface area contributed by atoms with Crippen molar-refractivity contribution in [1.29, 1.82) is 0 Å². The van der Waals surface area contributed by atoms with E-state index in [0.717, 1.165) is 36.0 Å². The molecule has 13 heteroatoms. The van der Waals surface area contributed by atoms with Crippen LogP contribution in [0.5, 0.6) is 0 Å². The third-order valence-electron chi connectivity index (χ3n) is 5.97. The predicted octanol–water partition coefficient (Wildman–Crippen LogP) is 1.98. The Morgan fingerprint density at radius 1 is 0.514 bits per heavy atom. The Labute approximate surface area is 225 Å². The second-order valence-electron chi connectivity index (χ2n) is 8.13. The van der Waals surface area contributed by atoms with Gasteiger partial charge in [0.25, 0.3) is 0 Å². The maximum Gasteiger partial charge on any atom is 0.380 e. The fraction of sp³-hybridized carbons (Fsp3) is 0.500. The summed E-state index contributed by atoms with van der Waals surface area (Å²) in [4.78, 5) is 43.8. The average Bonchev–Trinajstić information content (AvgIpc) is 2.81. The molecule has 0 aliphatic rings. The summed E-state index contributed by atoms with van der Waals surface area (Å²) in [6, 6.07) is 0. The summed E-state index contributed by atoms with van der Waals surface area (Å²) in [7, 11) is 0. The smallest absolute Gasteiger partial charge is 0.380 e. The van der Waals surface area contributed by atoms with Gasteiger partial charge in [0, 0.05) is 34.2 Å². The Bertz CT molecular complexity index is 1240. The minimum absolute atomic E-state index is 0. The van der Waals surface area contributed by atoms with Crippen molar-refractivity contribution in [3.8, 4) is 0 Å². The van der Waals surface area contributed by atoms with Gasteiger partial charge in [-0.3, -0.25) is 0 Å². The van der Waals surface area contributed by atoms with Crippen molar-refractivity contribution in [2.75, 3.05) is 0 Å². The van der Waals surface area contributed by atoms with Crippen LogP contribution in [0.2, 0.25) is 0 Å². The van der Waals surface area contributed by atoms with Crippen LogP contribution in [0.25, 0.3) is 0 Å². The Hall–Kier alpha value is -3.44. The summed E-state index contributed by atoms with van der Waals surface area (Å²) in [5.41, 5.74) is 4.79. The molecule has 3 aromatic rings. The molecule has 206 valence electrons. The molecule has 3 rings (SSSR count). The molecule has 0 radical (unpaired) electrons. The van der Waals surface area contributed by atoms with E-state index in [9.17, 15) is 30.0 Å². The molecule has 12 nitrogen and oxygen atoms in total. The Kier molecular flexibility index (Phi) is 13.0. The van der Waals surface area contributed by atoms with E-state index in [1.54, 1.807) is 41.5 Å². The van der Waals surface area contributed by atoms with Gasteiger partial charge in [-0.15, -0.1) is 14.2 Å². The van der Waals surface area contributed by atoms with E-state index < -0.39 is 17.1 Å². The summed E-state index contributed by atoms with van der Waals surface area (Å²) in [6.45, 7) is 16.3. The number of hydrogen-bond donors (Lipinski definition) is 3. The third-order valence-corrected chi connectivity index (χ3v) is 5.97. The van der Waals surface area contributed by atoms with Crippen LogP contribution in [-0.4, -0.2) is 44.8 Å². The monoisotopic (exact) mass is 560 g/mol. The standard InChI is InChI=1S/3C8H12N2O2.Fe/c3*1-4-7-5(2)9-8(11)10(12)6(7)3;/h3*12H,4H2,1-3H3;. The molecule has 0 aliphatic carbocycles. The third kappa shape index (κ3) is 7.77. The minimum Gasteiger partial charge on any atom is -0.424 e. The topological polar surface area (TPSA) is 165 Å².